The van der Waals surface area contributed by atoms with Gasteiger partial charge in [0.05, 0.1) is 6.54 Å². The summed E-state index contributed by atoms with van der Waals surface area (Å²) in [5.41, 5.74) is 5.43. The molecule has 0 bridgehead atoms. The number of nitrogens with two attached hydrogens (primary N) is 1. The first-order valence-electron chi connectivity index (χ1n) is 6.33. The summed E-state index contributed by atoms with van der Waals surface area (Å²) in [6.45, 7) is 5.44. The molecule has 0 heterocycles. The molecule has 17 heavy (non-hydrogen) atoms. The third kappa shape index (κ3) is 9.81. The van der Waals surface area contributed by atoms with Crippen LogP contribution in [0.3, 0.4) is 0 Å². The summed E-state index contributed by atoms with van der Waals surface area (Å²) in [6, 6.07) is 0. The third-order valence-electron chi connectivity index (χ3n) is 2.54. The molecule has 0 aromatic rings. The van der Waals surface area contributed by atoms with E-state index in [9.17, 15) is 9.59 Å². The monoisotopic (exact) mass is 243 g/mol. The highest BCUT2D eigenvalue weighted by Crippen LogP contribution is 2.08. The first-order valence-corrected chi connectivity index (χ1v) is 6.33. The molecular weight excluding hydrogens is 218 g/mol. The van der Waals surface area contributed by atoms with Gasteiger partial charge >= 0.3 is 0 Å². The van der Waals surface area contributed by atoms with E-state index < -0.39 is 0 Å². The summed E-state index contributed by atoms with van der Waals surface area (Å²) in [5.74, 6) is 0.260. The lowest BCUT2D eigenvalue weighted by Gasteiger charge is -2.09. The molecule has 0 aromatic heterocycles. The van der Waals surface area contributed by atoms with Crippen LogP contribution in [0.15, 0.2) is 0 Å². The molecule has 100 valence electrons. The molecular formula is C12H25N3O2. The van der Waals surface area contributed by atoms with Gasteiger partial charge in [0.1, 0.15) is 0 Å². The van der Waals surface area contributed by atoms with Crippen molar-refractivity contribution in [3.05, 3.63) is 0 Å². The van der Waals surface area contributed by atoms with E-state index in [0.717, 1.165) is 19.3 Å². The minimum absolute atomic E-state index is 0.0690. The maximum absolute atomic E-state index is 11.4. The molecule has 0 aliphatic rings. The van der Waals surface area contributed by atoms with E-state index in [1.165, 1.54) is 0 Å². The molecule has 0 saturated carbocycles. The smallest absolute Gasteiger partial charge is 0.239 e. The Labute approximate surface area is 104 Å². The predicted molar refractivity (Wildman–Crippen MR) is 68.4 cm³/mol. The second-order valence-electron chi connectivity index (χ2n) is 4.35. The van der Waals surface area contributed by atoms with Gasteiger partial charge in [-0.3, -0.25) is 9.59 Å². The minimum atomic E-state index is -0.129. The lowest BCUT2D eigenvalue weighted by molar-refractivity contribution is -0.126. The van der Waals surface area contributed by atoms with Crippen molar-refractivity contribution in [1.29, 1.82) is 0 Å². The minimum Gasteiger partial charge on any atom is -0.355 e. The van der Waals surface area contributed by atoms with Gasteiger partial charge in [-0.15, -0.1) is 0 Å². The van der Waals surface area contributed by atoms with Gasteiger partial charge in [0.15, 0.2) is 0 Å². The van der Waals surface area contributed by atoms with E-state index in [0.29, 0.717) is 25.4 Å². The van der Waals surface area contributed by atoms with Crippen molar-refractivity contribution in [2.24, 2.45) is 11.7 Å². The fourth-order valence-corrected chi connectivity index (χ4v) is 1.40. The van der Waals surface area contributed by atoms with Gasteiger partial charge in [-0.1, -0.05) is 13.8 Å². The van der Waals surface area contributed by atoms with Crippen molar-refractivity contribution in [2.75, 3.05) is 19.6 Å². The highest BCUT2D eigenvalue weighted by atomic mass is 16.2. The molecule has 0 fully saturated rings. The van der Waals surface area contributed by atoms with Crippen molar-refractivity contribution in [3.8, 4) is 0 Å². The molecule has 5 nitrogen and oxygen atoms in total. The Morgan fingerprint density at radius 3 is 2.47 bits per heavy atom. The van der Waals surface area contributed by atoms with Crippen LogP contribution >= 0.6 is 0 Å². The van der Waals surface area contributed by atoms with E-state index in [4.69, 9.17) is 5.73 Å². The van der Waals surface area contributed by atoms with Crippen molar-refractivity contribution >= 4 is 11.8 Å². The lowest BCUT2D eigenvalue weighted by Crippen LogP contribution is -2.37. The topological polar surface area (TPSA) is 84.2 Å². The Balaban J connectivity index is 3.55. The highest BCUT2D eigenvalue weighted by Gasteiger charge is 2.07. The van der Waals surface area contributed by atoms with Crippen molar-refractivity contribution in [2.45, 2.75) is 39.5 Å². The second kappa shape index (κ2) is 10.1. The lowest BCUT2D eigenvalue weighted by atomic mass is 10.0. The van der Waals surface area contributed by atoms with Gasteiger partial charge in [-0.2, -0.15) is 0 Å². The Hall–Kier alpha value is -1.10. The maximum atomic E-state index is 11.4. The quantitative estimate of drug-likeness (QED) is 0.548. The molecule has 0 spiro atoms. The van der Waals surface area contributed by atoms with E-state index in [1.807, 2.05) is 6.92 Å². The van der Waals surface area contributed by atoms with Crippen LogP contribution in [0.2, 0.25) is 0 Å². The summed E-state index contributed by atoms with van der Waals surface area (Å²) >= 11 is 0. The van der Waals surface area contributed by atoms with E-state index in [-0.39, 0.29) is 18.4 Å². The fraction of sp³-hybridized carbons (Fsp3) is 0.833. The zero-order chi connectivity index (χ0) is 13.1. The largest absolute Gasteiger partial charge is 0.355 e. The summed E-state index contributed by atoms with van der Waals surface area (Å²) < 4.78 is 0. The third-order valence-corrected chi connectivity index (χ3v) is 2.54. The standard InChI is InChI=1S/C12H25N3O2/c1-3-8-14-12(17)9-15-11(16)5-4-10(2)6-7-13/h10H,3-9,13H2,1-2H3,(H,14,17)(H,15,16). The van der Waals surface area contributed by atoms with Gasteiger partial charge in [0.2, 0.25) is 11.8 Å². The molecule has 1 unspecified atom stereocenters. The molecule has 0 saturated heterocycles. The number of rotatable bonds is 9. The van der Waals surface area contributed by atoms with Crippen LogP contribution in [0.5, 0.6) is 0 Å². The van der Waals surface area contributed by atoms with Crippen LogP contribution < -0.4 is 16.4 Å². The van der Waals surface area contributed by atoms with Gasteiger partial charge < -0.3 is 16.4 Å². The van der Waals surface area contributed by atoms with Crippen molar-refractivity contribution in [3.63, 3.8) is 0 Å². The maximum Gasteiger partial charge on any atom is 0.239 e. The molecule has 0 aliphatic carbocycles. The molecule has 0 aliphatic heterocycles. The van der Waals surface area contributed by atoms with Crippen molar-refractivity contribution < 1.29 is 9.59 Å². The van der Waals surface area contributed by atoms with E-state index >= 15 is 0 Å². The van der Waals surface area contributed by atoms with Gasteiger partial charge in [-0.25, -0.2) is 0 Å². The van der Waals surface area contributed by atoms with E-state index in [2.05, 4.69) is 17.6 Å². The normalized spacial score (nSPS) is 11.9. The van der Waals surface area contributed by atoms with Crippen LogP contribution in [0.1, 0.15) is 39.5 Å². The number of carbonyl (C=O) groups excluding carboxylic acids is 2. The summed E-state index contributed by atoms with van der Waals surface area (Å²) in [4.78, 5) is 22.6. The molecule has 2 amide bonds. The molecule has 0 radical (unpaired) electrons. The molecule has 4 N–H and O–H groups in total. The molecule has 1 atom stereocenters. The SMILES string of the molecule is CCCNC(=O)CNC(=O)CCC(C)CCN. The van der Waals surface area contributed by atoms with Crippen LogP contribution in [0.25, 0.3) is 0 Å². The average molecular weight is 243 g/mol. The number of carbonyl (C=O) groups is 2. The second-order valence-corrected chi connectivity index (χ2v) is 4.35. The molecule has 0 rings (SSSR count). The number of hydrogen-bond acceptors (Lipinski definition) is 3. The van der Waals surface area contributed by atoms with E-state index in [1.54, 1.807) is 0 Å². The zero-order valence-electron chi connectivity index (χ0n) is 10.9. The van der Waals surface area contributed by atoms with Crippen LogP contribution in [-0.4, -0.2) is 31.4 Å². The van der Waals surface area contributed by atoms with Crippen LogP contribution in [0.4, 0.5) is 0 Å². The Morgan fingerprint density at radius 1 is 1.18 bits per heavy atom. The summed E-state index contributed by atoms with van der Waals surface area (Å²) in [6.07, 6.45) is 3.11. The molecule has 5 heteroatoms. The zero-order valence-corrected chi connectivity index (χ0v) is 10.9. The predicted octanol–water partition coefficient (Wildman–Crippen LogP) is 0.394. The number of nitrogens with one attached hydrogen (secondary N) is 2. The summed E-state index contributed by atoms with van der Waals surface area (Å²) in [5, 5.41) is 5.31. The highest BCUT2D eigenvalue weighted by molar-refractivity contribution is 5.84. The Kier molecular flexibility index (Phi) is 9.43. The number of hydrogen-bond donors (Lipinski definition) is 3. The Bertz CT molecular complexity index is 232. The van der Waals surface area contributed by atoms with Crippen molar-refractivity contribution in [1.82, 2.24) is 10.6 Å². The number of amides is 2. The van der Waals surface area contributed by atoms with Gasteiger partial charge in [0, 0.05) is 13.0 Å². The first-order chi connectivity index (χ1) is 8.10. The Morgan fingerprint density at radius 2 is 1.88 bits per heavy atom. The van der Waals surface area contributed by atoms with Crippen LogP contribution in [0, 0.1) is 5.92 Å². The fourth-order valence-electron chi connectivity index (χ4n) is 1.40. The van der Waals surface area contributed by atoms with Gasteiger partial charge in [0.25, 0.3) is 0 Å². The van der Waals surface area contributed by atoms with Crippen LogP contribution in [-0.2, 0) is 9.59 Å². The molecule has 0 aromatic carbocycles. The summed E-state index contributed by atoms with van der Waals surface area (Å²) in [7, 11) is 0. The van der Waals surface area contributed by atoms with Gasteiger partial charge in [-0.05, 0) is 31.7 Å². The average Bonchev–Trinajstić information content (AvgIpc) is 2.31. The first kappa shape index (κ1) is 15.9.